The second-order valence-electron chi connectivity index (χ2n) is 7.91. The first kappa shape index (κ1) is 18.1. The lowest BCUT2D eigenvalue weighted by Crippen LogP contribution is -2.47. The Hall–Kier alpha value is -2.30. The summed E-state index contributed by atoms with van der Waals surface area (Å²) in [6.07, 6.45) is 6.36. The Bertz CT molecular complexity index is 812. The molecule has 2 heterocycles. The number of rotatable bonds is 6. The van der Waals surface area contributed by atoms with Crippen LogP contribution in [0.2, 0.25) is 0 Å². The summed E-state index contributed by atoms with van der Waals surface area (Å²) in [5.41, 5.74) is 4.67. The second kappa shape index (κ2) is 7.75. The zero-order valence-electron chi connectivity index (χ0n) is 15.7. The Kier molecular flexibility index (Phi) is 5.19. The number of nitrogens with zero attached hydrogens (tertiary/aromatic N) is 2. The van der Waals surface area contributed by atoms with Crippen LogP contribution in [0.15, 0.2) is 48.5 Å². The molecule has 0 atom stereocenters. The molecule has 0 bridgehead atoms. The highest BCUT2D eigenvalue weighted by molar-refractivity contribution is 5.79. The fourth-order valence-corrected chi connectivity index (χ4v) is 4.24. The van der Waals surface area contributed by atoms with Crippen molar-refractivity contribution < 1.29 is 19.4 Å². The van der Waals surface area contributed by atoms with Gasteiger partial charge in [0.1, 0.15) is 18.5 Å². The molecule has 2 aliphatic rings. The first-order valence-corrected chi connectivity index (χ1v) is 9.77. The molecular formula is C23H28N2O2+2. The standard InChI is InChI=1S/C23H28N2O2/c26-17-23(18-27,15-24-11-9-19-5-1-3-7-21(19)13-24)16-25-12-10-20-6-2-4-8-22(20)14-25/h1-8,13-14,26-27H,9-12,15-18H2/q+2. The van der Waals surface area contributed by atoms with E-state index in [4.69, 9.17) is 0 Å². The van der Waals surface area contributed by atoms with Crippen LogP contribution in [0.3, 0.4) is 0 Å². The van der Waals surface area contributed by atoms with E-state index in [1.165, 1.54) is 22.3 Å². The Balaban J connectivity index is 1.56. The van der Waals surface area contributed by atoms with Crippen LogP contribution in [-0.4, -0.2) is 71.2 Å². The summed E-state index contributed by atoms with van der Waals surface area (Å²) < 4.78 is 4.51. The van der Waals surface area contributed by atoms with Crippen molar-refractivity contribution in [3.8, 4) is 0 Å². The lowest BCUT2D eigenvalue weighted by Gasteiger charge is -2.27. The van der Waals surface area contributed by atoms with Crippen molar-refractivity contribution in [3.63, 3.8) is 0 Å². The predicted octanol–water partition coefficient (Wildman–Crippen LogP) is 1.33. The molecule has 0 aromatic heterocycles. The van der Waals surface area contributed by atoms with Crippen molar-refractivity contribution in [2.75, 3.05) is 39.4 Å². The van der Waals surface area contributed by atoms with E-state index in [-0.39, 0.29) is 13.2 Å². The molecule has 0 saturated heterocycles. The summed E-state index contributed by atoms with van der Waals surface area (Å²) in [5.74, 6) is 0. The number of fused-ring (bicyclic) bond motifs is 2. The van der Waals surface area contributed by atoms with E-state index < -0.39 is 5.41 Å². The van der Waals surface area contributed by atoms with Gasteiger partial charge in [-0.3, -0.25) is 0 Å². The number of aliphatic hydroxyl groups is 2. The Labute approximate surface area is 160 Å². The molecule has 140 valence electrons. The fraction of sp³-hybridized carbons (Fsp3) is 0.391. The summed E-state index contributed by atoms with van der Waals surface area (Å²) >= 11 is 0. The van der Waals surface area contributed by atoms with Gasteiger partial charge >= 0.3 is 0 Å². The Morgan fingerprint density at radius 3 is 1.59 bits per heavy atom. The van der Waals surface area contributed by atoms with Gasteiger partial charge in [-0.05, 0) is 23.3 Å². The number of hydrogen-bond donors (Lipinski definition) is 2. The third-order valence-corrected chi connectivity index (χ3v) is 5.84. The third kappa shape index (κ3) is 3.87. The van der Waals surface area contributed by atoms with E-state index >= 15 is 0 Å². The smallest absolute Gasteiger partial charge is 0.170 e. The van der Waals surface area contributed by atoms with Crippen molar-refractivity contribution in [1.82, 2.24) is 0 Å². The maximum absolute atomic E-state index is 10.2. The number of hydrogen-bond acceptors (Lipinski definition) is 2. The predicted molar refractivity (Wildman–Crippen MR) is 107 cm³/mol. The highest BCUT2D eigenvalue weighted by Gasteiger charge is 2.40. The number of benzene rings is 2. The molecule has 2 aromatic carbocycles. The van der Waals surface area contributed by atoms with Crippen LogP contribution in [0.4, 0.5) is 0 Å². The topological polar surface area (TPSA) is 46.5 Å². The molecule has 0 fully saturated rings. The molecule has 2 aromatic rings. The maximum atomic E-state index is 10.2. The molecule has 2 N–H and O–H groups in total. The normalized spacial score (nSPS) is 16.2. The molecule has 4 heteroatoms. The van der Waals surface area contributed by atoms with Crippen LogP contribution in [0, 0.1) is 5.41 Å². The van der Waals surface area contributed by atoms with Gasteiger partial charge in [0.05, 0.1) is 13.2 Å². The second-order valence-corrected chi connectivity index (χ2v) is 7.91. The van der Waals surface area contributed by atoms with E-state index in [0.717, 1.165) is 25.9 Å². The van der Waals surface area contributed by atoms with Gasteiger partial charge < -0.3 is 10.2 Å². The first-order valence-electron chi connectivity index (χ1n) is 9.77. The lowest BCUT2D eigenvalue weighted by molar-refractivity contribution is -0.580. The van der Waals surface area contributed by atoms with Crippen molar-refractivity contribution in [1.29, 1.82) is 0 Å². The van der Waals surface area contributed by atoms with E-state index in [1.807, 2.05) is 0 Å². The number of aliphatic hydroxyl groups excluding tert-OH is 2. The SMILES string of the molecule is OCC(CO)(C[N+]1=Cc2ccccc2CC1)C[N+]1=Cc2ccccc2CC1. The van der Waals surface area contributed by atoms with Crippen LogP contribution in [0.25, 0.3) is 0 Å². The maximum Gasteiger partial charge on any atom is 0.170 e. The van der Waals surface area contributed by atoms with Crippen molar-refractivity contribution in [2.24, 2.45) is 5.41 Å². The van der Waals surface area contributed by atoms with Gasteiger partial charge in [0.15, 0.2) is 25.5 Å². The van der Waals surface area contributed by atoms with Gasteiger partial charge in [0.25, 0.3) is 0 Å². The summed E-state index contributed by atoms with van der Waals surface area (Å²) in [7, 11) is 0. The summed E-state index contributed by atoms with van der Waals surface area (Å²) in [6.45, 7) is 3.10. The van der Waals surface area contributed by atoms with Crippen LogP contribution < -0.4 is 0 Å². The molecule has 2 aliphatic heterocycles. The van der Waals surface area contributed by atoms with Crippen LogP contribution in [-0.2, 0) is 12.8 Å². The van der Waals surface area contributed by atoms with Crippen molar-refractivity contribution >= 4 is 12.4 Å². The molecule has 0 spiro atoms. The summed E-state index contributed by atoms with van der Waals surface area (Å²) in [5, 5.41) is 20.4. The molecule has 0 aliphatic carbocycles. The van der Waals surface area contributed by atoms with Gasteiger partial charge in [-0.15, -0.1) is 0 Å². The first-order chi connectivity index (χ1) is 13.2. The van der Waals surface area contributed by atoms with E-state index in [9.17, 15) is 10.2 Å². The molecule has 4 nitrogen and oxygen atoms in total. The van der Waals surface area contributed by atoms with Gasteiger partial charge in [-0.25, -0.2) is 9.15 Å². The van der Waals surface area contributed by atoms with Gasteiger partial charge in [0.2, 0.25) is 0 Å². The summed E-state index contributed by atoms with van der Waals surface area (Å²) in [6, 6.07) is 16.9. The monoisotopic (exact) mass is 364 g/mol. The van der Waals surface area contributed by atoms with Crippen molar-refractivity contribution in [2.45, 2.75) is 12.8 Å². The third-order valence-electron chi connectivity index (χ3n) is 5.84. The van der Waals surface area contributed by atoms with Gasteiger partial charge in [-0.2, -0.15) is 0 Å². The highest BCUT2D eigenvalue weighted by atomic mass is 16.3. The Morgan fingerprint density at radius 2 is 1.15 bits per heavy atom. The molecule has 27 heavy (non-hydrogen) atoms. The molecular weight excluding hydrogens is 336 g/mol. The van der Waals surface area contributed by atoms with Gasteiger partial charge in [0, 0.05) is 24.0 Å². The lowest BCUT2D eigenvalue weighted by atomic mass is 9.88. The summed E-state index contributed by atoms with van der Waals surface area (Å²) in [4.78, 5) is 0. The minimum Gasteiger partial charge on any atom is -0.395 e. The molecule has 0 saturated carbocycles. The quantitative estimate of drug-likeness (QED) is 0.760. The van der Waals surface area contributed by atoms with Crippen LogP contribution in [0.1, 0.15) is 22.3 Å². The molecule has 0 amide bonds. The van der Waals surface area contributed by atoms with Crippen molar-refractivity contribution in [3.05, 3.63) is 70.8 Å². The largest absolute Gasteiger partial charge is 0.395 e. The van der Waals surface area contributed by atoms with Crippen LogP contribution in [0.5, 0.6) is 0 Å². The average molecular weight is 364 g/mol. The highest BCUT2D eigenvalue weighted by Crippen LogP contribution is 2.21. The van der Waals surface area contributed by atoms with Crippen LogP contribution >= 0.6 is 0 Å². The van der Waals surface area contributed by atoms with Gasteiger partial charge in [-0.1, -0.05) is 36.4 Å². The average Bonchev–Trinajstić information content (AvgIpc) is 2.73. The zero-order chi connectivity index (χ0) is 18.7. The molecule has 4 rings (SSSR count). The van der Waals surface area contributed by atoms with E-state index in [1.54, 1.807) is 0 Å². The zero-order valence-corrected chi connectivity index (χ0v) is 15.7. The molecule has 0 radical (unpaired) electrons. The van der Waals surface area contributed by atoms with E-state index in [0.29, 0.717) is 13.1 Å². The molecule has 0 unspecified atom stereocenters. The van der Waals surface area contributed by atoms with E-state index in [2.05, 4.69) is 70.1 Å². The minimum atomic E-state index is -0.550. The fourth-order valence-electron chi connectivity index (χ4n) is 4.24. The minimum absolute atomic E-state index is 0.0263. The Morgan fingerprint density at radius 1 is 0.704 bits per heavy atom.